The highest BCUT2D eigenvalue weighted by atomic mass is 19.1. The Morgan fingerprint density at radius 3 is 2.69 bits per heavy atom. The number of amides is 1. The van der Waals surface area contributed by atoms with Crippen molar-refractivity contribution in [3.63, 3.8) is 0 Å². The number of rotatable bonds is 4. The summed E-state index contributed by atoms with van der Waals surface area (Å²) in [6.45, 7) is 6.12. The van der Waals surface area contributed by atoms with Gasteiger partial charge in [0.15, 0.2) is 11.5 Å². The highest BCUT2D eigenvalue weighted by Gasteiger charge is 2.32. The molecule has 7 nitrogen and oxygen atoms in total. The second-order valence-corrected chi connectivity index (χ2v) is 8.71. The summed E-state index contributed by atoms with van der Waals surface area (Å²) in [6, 6.07) is 2.02. The van der Waals surface area contributed by atoms with E-state index in [-0.39, 0.29) is 16.9 Å². The van der Waals surface area contributed by atoms with E-state index in [2.05, 4.69) is 34.8 Å². The smallest absolute Gasteiger partial charge is 0.257 e. The molecule has 4 N–H and O–H groups in total. The normalized spacial score (nSPS) is 25.0. The van der Waals surface area contributed by atoms with Gasteiger partial charge in [-0.25, -0.2) is 9.37 Å². The molecule has 1 aliphatic heterocycles. The zero-order chi connectivity index (χ0) is 23.0. The number of fused-ring (bicyclic) bond motifs is 1. The van der Waals surface area contributed by atoms with Crippen molar-refractivity contribution in [1.29, 1.82) is 5.41 Å². The Bertz CT molecular complexity index is 1160. The number of anilines is 1. The molecule has 1 fully saturated rings. The van der Waals surface area contributed by atoms with Crippen molar-refractivity contribution >= 4 is 23.0 Å². The Morgan fingerprint density at radius 1 is 1.28 bits per heavy atom. The first kappa shape index (κ1) is 22.0. The highest BCUT2D eigenvalue weighted by Crippen LogP contribution is 2.35. The monoisotopic (exact) mass is 436 g/mol. The Morgan fingerprint density at radius 2 is 2.00 bits per heavy atom. The first-order valence-corrected chi connectivity index (χ1v) is 10.9. The van der Waals surface area contributed by atoms with Gasteiger partial charge in [0.1, 0.15) is 0 Å². The number of carbonyl (C=O) groups excluding carboxylic acids is 1. The molecule has 0 bridgehead atoms. The van der Waals surface area contributed by atoms with Crippen LogP contribution in [0.4, 0.5) is 10.1 Å². The van der Waals surface area contributed by atoms with Crippen molar-refractivity contribution in [2.24, 2.45) is 5.92 Å². The van der Waals surface area contributed by atoms with Gasteiger partial charge in [0.05, 0.1) is 22.7 Å². The molecule has 8 heteroatoms. The van der Waals surface area contributed by atoms with Crippen molar-refractivity contribution in [3.05, 3.63) is 65.0 Å². The van der Waals surface area contributed by atoms with Crippen LogP contribution in [0.1, 0.15) is 32.4 Å². The minimum Gasteiger partial charge on any atom is -0.393 e. The predicted octanol–water partition coefficient (Wildman–Crippen LogP) is 3.49. The van der Waals surface area contributed by atoms with Crippen molar-refractivity contribution in [1.82, 2.24) is 20.0 Å². The average molecular weight is 437 g/mol. The fourth-order valence-electron chi connectivity index (χ4n) is 4.75. The van der Waals surface area contributed by atoms with Crippen LogP contribution in [0.5, 0.6) is 0 Å². The van der Waals surface area contributed by atoms with Gasteiger partial charge in [0.2, 0.25) is 0 Å². The molecule has 4 rings (SSSR count). The van der Waals surface area contributed by atoms with Crippen LogP contribution in [-0.2, 0) is 4.79 Å². The molecule has 0 radical (unpaired) electrons. The zero-order valence-electron chi connectivity index (χ0n) is 18.8. The van der Waals surface area contributed by atoms with E-state index in [1.807, 2.05) is 6.08 Å². The summed E-state index contributed by atoms with van der Waals surface area (Å²) in [6.07, 6.45) is 10.7. The predicted molar refractivity (Wildman–Crippen MR) is 124 cm³/mol. The number of allylic oxidation sites excluding steroid dienone is 4. The molecule has 0 saturated carbocycles. The topological polar surface area (TPSA) is 94.3 Å². The molecule has 1 amide bonds. The number of piperidine rings is 1. The van der Waals surface area contributed by atoms with Gasteiger partial charge in [-0.05, 0) is 51.2 Å². The lowest BCUT2D eigenvalue weighted by atomic mass is 9.76. The third kappa shape index (κ3) is 4.23. The number of nitrogens with one attached hydrogen (secondary N) is 4. The standard InChI is InChI=1S/C24H29FN6O/c1-13-7-16(8-14(2)28-13)18-5-6-19(22(26)20(18)10-27-4)24(32)30-17-9-21(25)23-29-15(3)11-31(23)12-17/h5-6,9-14,16,26-28H,7-8H2,1-4H3,(H,30,32)/b20-10-,26-22?/t13-,14+,16?. The van der Waals surface area contributed by atoms with E-state index in [4.69, 9.17) is 5.41 Å². The third-order valence-corrected chi connectivity index (χ3v) is 5.98. The van der Waals surface area contributed by atoms with Gasteiger partial charge in [-0.3, -0.25) is 10.2 Å². The van der Waals surface area contributed by atoms with Crippen LogP contribution >= 0.6 is 0 Å². The zero-order valence-corrected chi connectivity index (χ0v) is 18.8. The second kappa shape index (κ2) is 8.70. The Kier molecular flexibility index (Phi) is 5.97. The van der Waals surface area contributed by atoms with E-state index >= 15 is 0 Å². The van der Waals surface area contributed by atoms with Crippen LogP contribution < -0.4 is 16.0 Å². The molecule has 0 spiro atoms. The number of hydrogen-bond acceptors (Lipinski definition) is 5. The lowest BCUT2D eigenvalue weighted by Gasteiger charge is -2.36. The van der Waals surface area contributed by atoms with Crippen LogP contribution in [0.25, 0.3) is 5.65 Å². The van der Waals surface area contributed by atoms with E-state index in [9.17, 15) is 9.18 Å². The molecular weight excluding hydrogens is 407 g/mol. The van der Waals surface area contributed by atoms with Gasteiger partial charge in [0.25, 0.3) is 5.91 Å². The molecule has 2 aromatic rings. The first-order chi connectivity index (χ1) is 15.3. The number of pyridine rings is 1. The fourth-order valence-corrected chi connectivity index (χ4v) is 4.75. The van der Waals surface area contributed by atoms with E-state index in [0.29, 0.717) is 29.4 Å². The number of imidazole rings is 1. The maximum atomic E-state index is 14.4. The van der Waals surface area contributed by atoms with Crippen molar-refractivity contribution in [3.8, 4) is 0 Å². The van der Waals surface area contributed by atoms with Crippen LogP contribution in [0, 0.1) is 24.1 Å². The molecule has 2 aliphatic rings. The molecule has 168 valence electrons. The summed E-state index contributed by atoms with van der Waals surface area (Å²) in [5.74, 6) is -0.659. The molecule has 3 heterocycles. The van der Waals surface area contributed by atoms with Crippen LogP contribution in [0.3, 0.4) is 0 Å². The quantitative estimate of drug-likeness (QED) is 0.590. The number of aryl methyl sites for hydroxylation is 1. The summed E-state index contributed by atoms with van der Waals surface area (Å²) in [7, 11) is 1.79. The van der Waals surface area contributed by atoms with Gasteiger partial charge in [-0.15, -0.1) is 0 Å². The van der Waals surface area contributed by atoms with Gasteiger partial charge >= 0.3 is 0 Å². The lowest BCUT2D eigenvalue weighted by molar-refractivity contribution is -0.112. The largest absolute Gasteiger partial charge is 0.393 e. The van der Waals surface area contributed by atoms with Gasteiger partial charge in [0, 0.05) is 49.4 Å². The van der Waals surface area contributed by atoms with Gasteiger partial charge < -0.3 is 20.4 Å². The van der Waals surface area contributed by atoms with E-state index in [1.165, 1.54) is 6.07 Å². The second-order valence-electron chi connectivity index (χ2n) is 8.71. The Balaban J connectivity index is 1.62. The summed E-state index contributed by atoms with van der Waals surface area (Å²) >= 11 is 0. The maximum absolute atomic E-state index is 14.4. The fraction of sp³-hybridized carbons (Fsp3) is 0.375. The summed E-state index contributed by atoms with van der Waals surface area (Å²) in [5, 5.41) is 18.0. The molecule has 1 unspecified atom stereocenters. The highest BCUT2D eigenvalue weighted by molar-refractivity contribution is 6.31. The molecule has 3 atom stereocenters. The molecule has 1 aliphatic carbocycles. The SMILES string of the molecule is CN/C=C1\C(=N)C(C(=O)Nc2cc(F)c3nc(C)cn3c2)=CC=C1C1C[C@@H](C)N[C@@H](C)C1. The third-order valence-electron chi connectivity index (χ3n) is 5.98. The Labute approximate surface area is 187 Å². The van der Waals surface area contributed by atoms with Crippen LogP contribution in [0.15, 0.2) is 53.5 Å². The summed E-state index contributed by atoms with van der Waals surface area (Å²) in [4.78, 5) is 17.1. The first-order valence-electron chi connectivity index (χ1n) is 10.9. The number of halogens is 1. The molecule has 0 aromatic carbocycles. The summed E-state index contributed by atoms with van der Waals surface area (Å²) in [5.41, 5.74) is 3.40. The van der Waals surface area contributed by atoms with Crippen molar-refractivity contribution < 1.29 is 9.18 Å². The van der Waals surface area contributed by atoms with Crippen LogP contribution in [0.2, 0.25) is 0 Å². The van der Waals surface area contributed by atoms with E-state index in [0.717, 1.165) is 24.0 Å². The van der Waals surface area contributed by atoms with E-state index < -0.39 is 11.7 Å². The number of carbonyl (C=O) groups is 1. The van der Waals surface area contributed by atoms with Crippen LogP contribution in [-0.4, -0.2) is 40.1 Å². The minimum atomic E-state index is -0.518. The summed E-state index contributed by atoms with van der Waals surface area (Å²) < 4.78 is 15.9. The molecule has 1 saturated heterocycles. The molecule has 2 aromatic heterocycles. The van der Waals surface area contributed by atoms with E-state index in [1.54, 1.807) is 43.0 Å². The van der Waals surface area contributed by atoms with Crippen molar-refractivity contribution in [2.75, 3.05) is 12.4 Å². The molecular formula is C24H29FN6O. The number of hydrogen-bond donors (Lipinski definition) is 4. The number of nitrogens with zero attached hydrogens (tertiary/aromatic N) is 2. The van der Waals surface area contributed by atoms with Gasteiger partial charge in [-0.2, -0.15) is 0 Å². The Hall–Kier alpha value is -3.26. The lowest BCUT2D eigenvalue weighted by Crippen LogP contribution is -2.43. The maximum Gasteiger partial charge on any atom is 0.257 e. The van der Waals surface area contributed by atoms with Gasteiger partial charge in [-0.1, -0.05) is 6.08 Å². The average Bonchev–Trinajstić information content (AvgIpc) is 3.09. The molecule has 32 heavy (non-hydrogen) atoms. The van der Waals surface area contributed by atoms with Crippen molar-refractivity contribution in [2.45, 2.75) is 45.7 Å². The number of aromatic nitrogens is 2. The minimum absolute atomic E-state index is 0.160.